The van der Waals surface area contributed by atoms with E-state index >= 15 is 0 Å². The lowest BCUT2D eigenvalue weighted by Gasteiger charge is -2.06. The first kappa shape index (κ1) is 12.8. The predicted octanol–water partition coefficient (Wildman–Crippen LogP) is 3.21. The summed E-state index contributed by atoms with van der Waals surface area (Å²) in [6, 6.07) is 10.2. The Morgan fingerprint density at radius 3 is 2.56 bits per heavy atom. The number of rotatable bonds is 6. The van der Waals surface area contributed by atoms with Crippen LogP contribution in [0.15, 0.2) is 30.3 Å². The molecule has 0 N–H and O–H groups in total. The van der Waals surface area contributed by atoms with Gasteiger partial charge in [-0.2, -0.15) is 0 Å². The summed E-state index contributed by atoms with van der Waals surface area (Å²) in [7, 11) is 0. The Balaban J connectivity index is 2.13. The Morgan fingerprint density at radius 2 is 1.94 bits per heavy atom. The van der Waals surface area contributed by atoms with Crippen LogP contribution >= 0.6 is 0 Å². The van der Waals surface area contributed by atoms with Gasteiger partial charge in [-0.15, -0.1) is 0 Å². The van der Waals surface area contributed by atoms with Crippen molar-refractivity contribution in [3.63, 3.8) is 0 Å². The molecule has 16 heavy (non-hydrogen) atoms. The van der Waals surface area contributed by atoms with Crippen molar-refractivity contribution in [1.82, 2.24) is 0 Å². The number of carbonyl (C=O) groups is 1. The van der Waals surface area contributed by atoms with E-state index in [0.717, 1.165) is 12.8 Å². The quantitative estimate of drug-likeness (QED) is 0.688. The minimum Gasteiger partial charge on any atom is -0.465 e. The molecule has 1 rings (SSSR count). The maximum Gasteiger partial charge on any atom is 0.305 e. The fraction of sp³-hybridized carbons (Fsp3) is 0.500. The maximum atomic E-state index is 11.3. The molecule has 0 amide bonds. The fourth-order valence-corrected chi connectivity index (χ4v) is 1.41. The van der Waals surface area contributed by atoms with E-state index in [1.807, 2.05) is 32.0 Å². The van der Waals surface area contributed by atoms with Crippen molar-refractivity contribution in [2.45, 2.75) is 33.1 Å². The van der Waals surface area contributed by atoms with Crippen molar-refractivity contribution in [3.8, 4) is 0 Å². The molecule has 0 spiro atoms. The first-order valence-electron chi connectivity index (χ1n) is 5.88. The van der Waals surface area contributed by atoms with E-state index in [1.54, 1.807) is 0 Å². The van der Waals surface area contributed by atoms with Gasteiger partial charge in [0.1, 0.15) is 0 Å². The Kier molecular flexibility index (Phi) is 5.62. The summed E-state index contributed by atoms with van der Waals surface area (Å²) in [5, 5.41) is 0. The highest BCUT2D eigenvalue weighted by molar-refractivity contribution is 5.69. The molecule has 88 valence electrons. The molecule has 0 aliphatic carbocycles. The molecule has 0 heterocycles. The summed E-state index contributed by atoms with van der Waals surface area (Å²) in [6.45, 7) is 4.61. The first-order chi connectivity index (χ1) is 7.68. The molecule has 1 aromatic carbocycles. The van der Waals surface area contributed by atoms with Crippen LogP contribution in [-0.2, 0) is 16.0 Å². The molecule has 0 saturated heterocycles. The highest BCUT2D eigenvalue weighted by Gasteiger charge is 2.04. The number of carbonyl (C=O) groups excluding carboxylic acids is 1. The Morgan fingerprint density at radius 1 is 1.25 bits per heavy atom. The van der Waals surface area contributed by atoms with E-state index in [0.29, 0.717) is 18.9 Å². The van der Waals surface area contributed by atoms with Crippen LogP contribution < -0.4 is 0 Å². The zero-order valence-electron chi connectivity index (χ0n) is 10.1. The van der Waals surface area contributed by atoms with Gasteiger partial charge in [-0.1, -0.05) is 44.2 Å². The van der Waals surface area contributed by atoms with Crippen molar-refractivity contribution < 1.29 is 9.53 Å². The van der Waals surface area contributed by atoms with E-state index in [2.05, 4.69) is 12.1 Å². The van der Waals surface area contributed by atoms with Gasteiger partial charge in [0.2, 0.25) is 0 Å². The first-order valence-corrected chi connectivity index (χ1v) is 5.88. The van der Waals surface area contributed by atoms with Crippen LogP contribution in [0.2, 0.25) is 0 Å². The topological polar surface area (TPSA) is 26.3 Å². The van der Waals surface area contributed by atoms with Crippen molar-refractivity contribution in [1.29, 1.82) is 0 Å². The third-order valence-corrected chi connectivity index (χ3v) is 2.27. The molecule has 2 nitrogen and oxygen atoms in total. The van der Waals surface area contributed by atoms with Crippen LogP contribution in [0.3, 0.4) is 0 Å². The van der Waals surface area contributed by atoms with Crippen molar-refractivity contribution in [2.24, 2.45) is 5.92 Å². The van der Waals surface area contributed by atoms with Gasteiger partial charge in [0.15, 0.2) is 0 Å². The number of esters is 1. The molecule has 0 unspecified atom stereocenters. The number of hydrogen-bond acceptors (Lipinski definition) is 2. The number of aryl methyl sites for hydroxylation is 1. The summed E-state index contributed by atoms with van der Waals surface area (Å²) in [4.78, 5) is 11.3. The number of benzene rings is 1. The summed E-state index contributed by atoms with van der Waals surface area (Å²) >= 11 is 0. The van der Waals surface area contributed by atoms with Gasteiger partial charge in [0.25, 0.3) is 0 Å². The largest absolute Gasteiger partial charge is 0.465 e. The summed E-state index contributed by atoms with van der Waals surface area (Å²) in [6.07, 6.45) is 2.32. The Labute approximate surface area is 97.6 Å². The number of ether oxygens (including phenoxy) is 1. The zero-order valence-corrected chi connectivity index (χ0v) is 10.1. The van der Waals surface area contributed by atoms with Crippen LogP contribution in [0.25, 0.3) is 0 Å². The minimum absolute atomic E-state index is 0.0790. The standard InChI is InChI=1S/C14H20O2/c1-12(2)11-16-14(15)10-6-9-13-7-4-3-5-8-13/h3-5,7-8,12H,6,9-11H2,1-2H3. The van der Waals surface area contributed by atoms with Gasteiger partial charge in [-0.25, -0.2) is 0 Å². The fourth-order valence-electron chi connectivity index (χ4n) is 1.41. The number of hydrogen-bond donors (Lipinski definition) is 0. The molecule has 2 heteroatoms. The molecule has 0 bridgehead atoms. The van der Waals surface area contributed by atoms with Crippen molar-refractivity contribution in [2.75, 3.05) is 6.61 Å². The second-order valence-corrected chi connectivity index (χ2v) is 4.42. The third kappa shape index (κ3) is 5.54. The molecule has 0 atom stereocenters. The van der Waals surface area contributed by atoms with E-state index in [-0.39, 0.29) is 5.97 Å². The molecule has 0 aromatic heterocycles. The maximum absolute atomic E-state index is 11.3. The molecule has 0 radical (unpaired) electrons. The molecule has 0 fully saturated rings. The van der Waals surface area contributed by atoms with Crippen LogP contribution in [0.5, 0.6) is 0 Å². The molecule has 1 aromatic rings. The van der Waals surface area contributed by atoms with Gasteiger partial charge < -0.3 is 4.74 Å². The van der Waals surface area contributed by atoms with Crippen LogP contribution in [-0.4, -0.2) is 12.6 Å². The average molecular weight is 220 g/mol. The zero-order chi connectivity index (χ0) is 11.8. The van der Waals surface area contributed by atoms with Gasteiger partial charge in [-0.05, 0) is 24.3 Å². The molecule has 0 saturated carbocycles. The second kappa shape index (κ2) is 7.04. The Bertz CT molecular complexity index is 304. The van der Waals surface area contributed by atoms with Crippen molar-refractivity contribution >= 4 is 5.97 Å². The van der Waals surface area contributed by atoms with Crippen LogP contribution in [0.1, 0.15) is 32.3 Å². The van der Waals surface area contributed by atoms with Gasteiger partial charge >= 0.3 is 5.97 Å². The van der Waals surface area contributed by atoms with Crippen molar-refractivity contribution in [3.05, 3.63) is 35.9 Å². The molecular formula is C14H20O2. The average Bonchev–Trinajstić information content (AvgIpc) is 2.28. The highest BCUT2D eigenvalue weighted by Crippen LogP contribution is 2.05. The molecule has 0 aliphatic heterocycles. The van der Waals surface area contributed by atoms with Gasteiger partial charge in [-0.3, -0.25) is 4.79 Å². The normalized spacial score (nSPS) is 10.4. The van der Waals surface area contributed by atoms with E-state index < -0.39 is 0 Å². The molecular weight excluding hydrogens is 200 g/mol. The van der Waals surface area contributed by atoms with Gasteiger partial charge in [0.05, 0.1) is 6.61 Å². The monoisotopic (exact) mass is 220 g/mol. The van der Waals surface area contributed by atoms with Gasteiger partial charge in [0, 0.05) is 6.42 Å². The summed E-state index contributed by atoms with van der Waals surface area (Å²) in [5.74, 6) is 0.336. The lowest BCUT2D eigenvalue weighted by atomic mass is 10.1. The van der Waals surface area contributed by atoms with E-state index in [9.17, 15) is 4.79 Å². The lowest BCUT2D eigenvalue weighted by molar-refractivity contribution is -0.144. The smallest absolute Gasteiger partial charge is 0.305 e. The predicted molar refractivity (Wildman–Crippen MR) is 65.2 cm³/mol. The third-order valence-electron chi connectivity index (χ3n) is 2.27. The second-order valence-electron chi connectivity index (χ2n) is 4.42. The van der Waals surface area contributed by atoms with E-state index in [4.69, 9.17) is 4.74 Å². The summed E-state index contributed by atoms with van der Waals surface area (Å²) in [5.41, 5.74) is 1.28. The minimum atomic E-state index is -0.0790. The lowest BCUT2D eigenvalue weighted by Crippen LogP contribution is -2.09. The summed E-state index contributed by atoms with van der Waals surface area (Å²) < 4.78 is 5.10. The highest BCUT2D eigenvalue weighted by atomic mass is 16.5. The van der Waals surface area contributed by atoms with Crippen LogP contribution in [0, 0.1) is 5.92 Å². The van der Waals surface area contributed by atoms with Crippen LogP contribution in [0.4, 0.5) is 0 Å². The van der Waals surface area contributed by atoms with E-state index in [1.165, 1.54) is 5.56 Å². The SMILES string of the molecule is CC(C)COC(=O)CCCc1ccccc1. The molecule has 0 aliphatic rings. The Hall–Kier alpha value is -1.31.